The van der Waals surface area contributed by atoms with Gasteiger partial charge in [-0.25, -0.2) is 4.79 Å². The molecule has 0 aliphatic carbocycles. The van der Waals surface area contributed by atoms with Gasteiger partial charge in [0.25, 0.3) is 0 Å². The van der Waals surface area contributed by atoms with Crippen LogP contribution >= 0.6 is 0 Å². The van der Waals surface area contributed by atoms with Crippen molar-refractivity contribution in [3.05, 3.63) is 11.5 Å². The van der Waals surface area contributed by atoms with Gasteiger partial charge in [0.2, 0.25) is 0 Å². The molecule has 17 heavy (non-hydrogen) atoms. The zero-order chi connectivity index (χ0) is 12.6. The van der Waals surface area contributed by atoms with Crippen molar-refractivity contribution in [3.8, 4) is 0 Å². The van der Waals surface area contributed by atoms with Crippen LogP contribution in [-0.2, 0) is 4.74 Å². The summed E-state index contributed by atoms with van der Waals surface area (Å²) in [6.07, 6.45) is -0.725. The van der Waals surface area contributed by atoms with Crippen molar-refractivity contribution in [3.63, 3.8) is 0 Å². The molecule has 2 rings (SSSR count). The van der Waals surface area contributed by atoms with E-state index in [1.165, 1.54) is 4.90 Å². The summed E-state index contributed by atoms with van der Waals surface area (Å²) in [5.41, 5.74) is 5.71. The smallest absolute Gasteiger partial charge is 0.321 e. The Kier molecular flexibility index (Phi) is 3.12. The summed E-state index contributed by atoms with van der Waals surface area (Å²) < 4.78 is 5.32. The number of nitrogens with zero attached hydrogens (tertiary/aromatic N) is 1. The van der Waals surface area contributed by atoms with E-state index in [2.05, 4.69) is 5.32 Å². The van der Waals surface area contributed by atoms with E-state index in [0.29, 0.717) is 6.54 Å². The maximum Gasteiger partial charge on any atom is 0.321 e. The Hall–Kier alpha value is -1.47. The Bertz CT molecular complexity index is 357. The standard InChI is InChI=1S/C10H17N3O4/c1-5-3-13(10(16)12-9(5)11)8-2-6(15)7(4-14)17-8/h5,8-9,14-15H,2-4,11H2,1H3,(H,12,16). The van der Waals surface area contributed by atoms with Crippen LogP contribution in [0.4, 0.5) is 4.79 Å². The lowest BCUT2D eigenvalue weighted by Crippen LogP contribution is -2.61. The molecular formula is C10H17N3O4. The van der Waals surface area contributed by atoms with Gasteiger partial charge in [-0.1, -0.05) is 6.92 Å². The molecule has 3 unspecified atom stereocenters. The first-order valence-electron chi connectivity index (χ1n) is 5.54. The Morgan fingerprint density at radius 1 is 1.65 bits per heavy atom. The zero-order valence-corrected chi connectivity index (χ0v) is 9.59. The molecule has 96 valence electrons. The van der Waals surface area contributed by atoms with Crippen molar-refractivity contribution in [2.75, 3.05) is 13.2 Å². The molecule has 0 spiro atoms. The first-order valence-corrected chi connectivity index (χ1v) is 5.54. The van der Waals surface area contributed by atoms with Crippen LogP contribution in [0.1, 0.15) is 13.3 Å². The molecule has 1 fully saturated rings. The second kappa shape index (κ2) is 4.42. The van der Waals surface area contributed by atoms with Gasteiger partial charge >= 0.3 is 6.03 Å². The maximum absolute atomic E-state index is 11.7. The molecule has 0 aromatic carbocycles. The Balaban J connectivity index is 2.03. The number of rotatable bonds is 2. The van der Waals surface area contributed by atoms with Crippen LogP contribution in [0.3, 0.4) is 0 Å². The van der Waals surface area contributed by atoms with Crippen molar-refractivity contribution in [1.82, 2.24) is 10.2 Å². The largest absolute Gasteiger partial charge is 0.508 e. The number of aliphatic hydroxyl groups excluding tert-OH is 2. The fourth-order valence-electron chi connectivity index (χ4n) is 1.98. The van der Waals surface area contributed by atoms with E-state index in [9.17, 15) is 9.90 Å². The molecule has 0 radical (unpaired) electrons. The highest BCUT2D eigenvalue weighted by atomic mass is 16.5. The van der Waals surface area contributed by atoms with E-state index in [1.807, 2.05) is 6.92 Å². The average molecular weight is 243 g/mol. The molecule has 2 aliphatic rings. The van der Waals surface area contributed by atoms with Crippen LogP contribution in [0.15, 0.2) is 11.5 Å². The van der Waals surface area contributed by atoms with Gasteiger partial charge in [0.1, 0.15) is 12.4 Å². The SMILES string of the molecule is CC1CN(C2CC(O)=C(CO)O2)C(=O)NC1N. The molecule has 2 amide bonds. The second-order valence-electron chi connectivity index (χ2n) is 4.41. The molecule has 7 nitrogen and oxygen atoms in total. The van der Waals surface area contributed by atoms with Gasteiger partial charge in [0.05, 0.1) is 12.6 Å². The highest BCUT2D eigenvalue weighted by molar-refractivity contribution is 5.75. The number of urea groups is 1. The first-order chi connectivity index (χ1) is 8.02. The minimum Gasteiger partial charge on any atom is -0.508 e. The third-order valence-electron chi connectivity index (χ3n) is 3.11. The predicted molar refractivity (Wildman–Crippen MR) is 58.6 cm³/mol. The van der Waals surface area contributed by atoms with Crippen molar-refractivity contribution >= 4 is 6.03 Å². The van der Waals surface area contributed by atoms with E-state index >= 15 is 0 Å². The normalized spacial score (nSPS) is 33.7. The highest BCUT2D eigenvalue weighted by Crippen LogP contribution is 2.27. The predicted octanol–water partition coefficient (Wildman–Crippen LogP) is -0.559. The Labute approximate surface area is 98.8 Å². The summed E-state index contributed by atoms with van der Waals surface area (Å²) in [5, 5.41) is 21.1. The first kappa shape index (κ1) is 12.0. The number of carbonyl (C=O) groups is 1. The monoisotopic (exact) mass is 243 g/mol. The molecule has 0 aromatic heterocycles. The summed E-state index contributed by atoms with van der Waals surface area (Å²) in [6, 6.07) is -0.312. The Morgan fingerprint density at radius 2 is 2.35 bits per heavy atom. The van der Waals surface area contributed by atoms with Crippen molar-refractivity contribution < 1.29 is 19.7 Å². The van der Waals surface area contributed by atoms with Gasteiger partial charge in [0, 0.05) is 12.5 Å². The molecule has 2 aliphatic heterocycles. The summed E-state index contributed by atoms with van der Waals surface area (Å²) in [4.78, 5) is 13.2. The van der Waals surface area contributed by atoms with Crippen LogP contribution in [0.5, 0.6) is 0 Å². The molecule has 5 N–H and O–H groups in total. The zero-order valence-electron chi connectivity index (χ0n) is 9.59. The van der Waals surface area contributed by atoms with E-state index < -0.39 is 6.23 Å². The molecule has 3 atom stereocenters. The van der Waals surface area contributed by atoms with Crippen LogP contribution in [0, 0.1) is 5.92 Å². The second-order valence-corrected chi connectivity index (χ2v) is 4.41. The average Bonchev–Trinajstić information content (AvgIpc) is 2.65. The highest BCUT2D eigenvalue weighted by Gasteiger charge is 2.38. The van der Waals surface area contributed by atoms with Crippen LogP contribution in [0.25, 0.3) is 0 Å². The number of amides is 2. The summed E-state index contributed by atoms with van der Waals surface area (Å²) in [6.45, 7) is 2.02. The molecule has 0 bridgehead atoms. The molecule has 1 saturated heterocycles. The third kappa shape index (κ3) is 2.16. The van der Waals surface area contributed by atoms with Crippen molar-refractivity contribution in [1.29, 1.82) is 0 Å². The number of aliphatic hydroxyl groups is 2. The number of nitrogens with two attached hydrogens (primary N) is 1. The lowest BCUT2D eigenvalue weighted by molar-refractivity contribution is -0.00786. The molecule has 0 aromatic rings. The van der Waals surface area contributed by atoms with Gasteiger partial charge in [-0.15, -0.1) is 0 Å². The van der Waals surface area contributed by atoms with Gasteiger partial charge in [-0.3, -0.25) is 4.90 Å². The quantitative estimate of drug-likeness (QED) is 0.520. The number of hydrogen-bond acceptors (Lipinski definition) is 5. The molecule has 7 heteroatoms. The molecule has 2 heterocycles. The number of carbonyl (C=O) groups excluding carboxylic acids is 1. The maximum atomic E-state index is 11.7. The van der Waals surface area contributed by atoms with Crippen LogP contribution in [-0.4, -0.2) is 46.7 Å². The number of nitrogens with one attached hydrogen (secondary N) is 1. The van der Waals surface area contributed by atoms with E-state index in [-0.39, 0.29) is 42.7 Å². The van der Waals surface area contributed by atoms with Gasteiger partial charge in [-0.05, 0) is 0 Å². The van der Waals surface area contributed by atoms with E-state index in [1.54, 1.807) is 0 Å². The lowest BCUT2D eigenvalue weighted by atomic mass is 10.1. The van der Waals surface area contributed by atoms with Gasteiger partial charge in [0.15, 0.2) is 12.0 Å². The summed E-state index contributed by atoms with van der Waals surface area (Å²) in [7, 11) is 0. The molecular weight excluding hydrogens is 226 g/mol. The van der Waals surface area contributed by atoms with Gasteiger partial charge in [-0.2, -0.15) is 0 Å². The van der Waals surface area contributed by atoms with Crippen LogP contribution < -0.4 is 11.1 Å². The summed E-state index contributed by atoms with van der Waals surface area (Å²) >= 11 is 0. The van der Waals surface area contributed by atoms with Crippen molar-refractivity contribution in [2.24, 2.45) is 11.7 Å². The van der Waals surface area contributed by atoms with E-state index in [4.69, 9.17) is 15.6 Å². The van der Waals surface area contributed by atoms with Gasteiger partial charge < -0.3 is 26.0 Å². The third-order valence-corrected chi connectivity index (χ3v) is 3.11. The minimum atomic E-state index is -0.563. The lowest BCUT2D eigenvalue weighted by Gasteiger charge is -2.38. The topological polar surface area (TPSA) is 108 Å². The number of hydrogen-bond donors (Lipinski definition) is 4. The fraction of sp³-hybridized carbons (Fsp3) is 0.700. The summed E-state index contributed by atoms with van der Waals surface area (Å²) in [5.74, 6) is 0.217. The minimum absolute atomic E-state index is 0.00664. The fourth-order valence-corrected chi connectivity index (χ4v) is 1.98. The number of ether oxygens (including phenoxy) is 1. The molecule has 0 saturated carbocycles. The van der Waals surface area contributed by atoms with Crippen LogP contribution in [0.2, 0.25) is 0 Å². The Morgan fingerprint density at radius 3 is 2.94 bits per heavy atom. The van der Waals surface area contributed by atoms with E-state index in [0.717, 1.165) is 0 Å². The van der Waals surface area contributed by atoms with Crippen molar-refractivity contribution in [2.45, 2.75) is 25.7 Å².